The molecule has 0 spiro atoms. The molecule has 2 heterocycles. The Morgan fingerprint density at radius 3 is 2.75 bits per heavy atom. The standard InChI is InChI=1S/C19H22N4O4S/c1-3-23-17(13-20-18(24)16-9-6-10-26-16)21-22-19(23)28-12-11-27-15-8-5-4-7-14(15)25-2/h4-10H,3,11-13H2,1-2H3,(H,20,24). The lowest BCUT2D eigenvalue weighted by Gasteiger charge is -2.10. The van der Waals surface area contributed by atoms with Crippen molar-refractivity contribution < 1.29 is 18.7 Å². The number of nitrogens with zero attached hydrogens (tertiary/aromatic N) is 3. The first kappa shape index (κ1) is 19.8. The van der Waals surface area contributed by atoms with Crippen LogP contribution in [-0.2, 0) is 13.1 Å². The van der Waals surface area contributed by atoms with Gasteiger partial charge in [0, 0.05) is 12.3 Å². The van der Waals surface area contributed by atoms with Gasteiger partial charge in [-0.3, -0.25) is 4.79 Å². The van der Waals surface area contributed by atoms with Crippen LogP contribution in [0.3, 0.4) is 0 Å². The van der Waals surface area contributed by atoms with Crippen LogP contribution in [0.1, 0.15) is 23.3 Å². The topological polar surface area (TPSA) is 91.4 Å². The van der Waals surface area contributed by atoms with Crippen molar-refractivity contribution in [3.63, 3.8) is 0 Å². The molecular weight excluding hydrogens is 380 g/mol. The van der Waals surface area contributed by atoms with Gasteiger partial charge >= 0.3 is 0 Å². The third-order valence-corrected chi connectivity index (χ3v) is 4.83. The second-order valence-corrected chi connectivity index (χ2v) is 6.71. The predicted molar refractivity (Wildman–Crippen MR) is 105 cm³/mol. The normalized spacial score (nSPS) is 10.6. The summed E-state index contributed by atoms with van der Waals surface area (Å²) in [5.41, 5.74) is 0. The fraction of sp³-hybridized carbons (Fsp3) is 0.316. The van der Waals surface area contributed by atoms with Crippen molar-refractivity contribution in [1.82, 2.24) is 20.1 Å². The maximum atomic E-state index is 12.0. The lowest BCUT2D eigenvalue weighted by molar-refractivity contribution is 0.0921. The Morgan fingerprint density at radius 1 is 1.21 bits per heavy atom. The molecule has 0 aliphatic rings. The average Bonchev–Trinajstić information content (AvgIpc) is 3.39. The van der Waals surface area contributed by atoms with Gasteiger partial charge in [0.05, 0.1) is 26.5 Å². The van der Waals surface area contributed by atoms with E-state index in [1.54, 1.807) is 31.0 Å². The Balaban J connectivity index is 1.51. The first-order valence-electron chi connectivity index (χ1n) is 8.85. The summed E-state index contributed by atoms with van der Waals surface area (Å²) in [5.74, 6) is 2.80. The fourth-order valence-electron chi connectivity index (χ4n) is 2.55. The second kappa shape index (κ2) is 9.84. The molecule has 0 unspecified atom stereocenters. The van der Waals surface area contributed by atoms with Crippen molar-refractivity contribution in [2.75, 3.05) is 19.5 Å². The molecule has 0 atom stereocenters. The average molecular weight is 402 g/mol. The van der Waals surface area contributed by atoms with E-state index >= 15 is 0 Å². The maximum Gasteiger partial charge on any atom is 0.287 e. The molecule has 148 valence electrons. The minimum atomic E-state index is -0.282. The molecule has 2 aromatic heterocycles. The molecule has 1 aromatic carbocycles. The summed E-state index contributed by atoms with van der Waals surface area (Å²) in [6, 6.07) is 10.8. The van der Waals surface area contributed by atoms with E-state index in [0.29, 0.717) is 36.2 Å². The molecule has 0 aliphatic heterocycles. The lowest BCUT2D eigenvalue weighted by atomic mass is 10.3. The van der Waals surface area contributed by atoms with Crippen LogP contribution < -0.4 is 14.8 Å². The summed E-state index contributed by atoms with van der Waals surface area (Å²) in [5, 5.41) is 12.0. The van der Waals surface area contributed by atoms with Gasteiger partial charge in [0.1, 0.15) is 0 Å². The Kier molecular flexibility index (Phi) is 6.96. The SMILES string of the molecule is CCn1c(CNC(=O)c2ccco2)nnc1SCCOc1ccccc1OC. The Labute approximate surface area is 167 Å². The van der Waals surface area contributed by atoms with Gasteiger partial charge in [0.25, 0.3) is 5.91 Å². The fourth-order valence-corrected chi connectivity index (χ4v) is 3.39. The van der Waals surface area contributed by atoms with Crippen LogP contribution in [0, 0.1) is 0 Å². The van der Waals surface area contributed by atoms with Crippen molar-refractivity contribution >= 4 is 17.7 Å². The van der Waals surface area contributed by atoms with Gasteiger partial charge in [-0.25, -0.2) is 0 Å². The van der Waals surface area contributed by atoms with Crippen LogP contribution in [0.15, 0.2) is 52.2 Å². The predicted octanol–water partition coefficient (Wildman–Crippen LogP) is 3.00. The van der Waals surface area contributed by atoms with E-state index in [2.05, 4.69) is 15.5 Å². The zero-order valence-corrected chi connectivity index (χ0v) is 16.6. The quantitative estimate of drug-likeness (QED) is 0.412. The highest BCUT2D eigenvalue weighted by atomic mass is 32.2. The number of hydrogen-bond donors (Lipinski definition) is 1. The Bertz CT molecular complexity index is 895. The first-order valence-corrected chi connectivity index (χ1v) is 9.84. The minimum absolute atomic E-state index is 0.269. The number of ether oxygens (including phenoxy) is 2. The van der Waals surface area contributed by atoms with E-state index in [0.717, 1.165) is 5.16 Å². The molecule has 28 heavy (non-hydrogen) atoms. The van der Waals surface area contributed by atoms with Crippen LogP contribution in [-0.4, -0.2) is 40.1 Å². The molecule has 9 heteroatoms. The number of hydrogen-bond acceptors (Lipinski definition) is 7. The van der Waals surface area contributed by atoms with E-state index < -0.39 is 0 Å². The van der Waals surface area contributed by atoms with E-state index in [-0.39, 0.29) is 18.2 Å². The van der Waals surface area contributed by atoms with E-state index in [4.69, 9.17) is 13.9 Å². The van der Waals surface area contributed by atoms with Crippen LogP contribution in [0.25, 0.3) is 0 Å². The summed E-state index contributed by atoms with van der Waals surface area (Å²) < 4.78 is 18.1. The maximum absolute atomic E-state index is 12.0. The third-order valence-electron chi connectivity index (χ3n) is 3.90. The third kappa shape index (κ3) is 4.86. The number of furan rings is 1. The number of benzene rings is 1. The molecule has 3 aromatic rings. The highest BCUT2D eigenvalue weighted by molar-refractivity contribution is 7.99. The largest absolute Gasteiger partial charge is 0.493 e. The number of aromatic nitrogens is 3. The van der Waals surface area contributed by atoms with Crippen molar-refractivity contribution in [2.24, 2.45) is 0 Å². The molecule has 0 radical (unpaired) electrons. The molecule has 0 bridgehead atoms. The van der Waals surface area contributed by atoms with Gasteiger partial charge in [0.2, 0.25) is 0 Å². The first-order chi connectivity index (χ1) is 13.7. The van der Waals surface area contributed by atoms with Gasteiger partial charge in [-0.1, -0.05) is 23.9 Å². The minimum Gasteiger partial charge on any atom is -0.493 e. The monoisotopic (exact) mass is 402 g/mol. The van der Waals surface area contributed by atoms with Gasteiger partial charge in [-0.15, -0.1) is 10.2 Å². The molecule has 0 saturated heterocycles. The van der Waals surface area contributed by atoms with E-state index in [9.17, 15) is 4.79 Å². The van der Waals surface area contributed by atoms with Gasteiger partial charge in [-0.2, -0.15) is 0 Å². The highest BCUT2D eigenvalue weighted by Gasteiger charge is 2.14. The smallest absolute Gasteiger partial charge is 0.287 e. The van der Waals surface area contributed by atoms with Crippen molar-refractivity contribution in [3.8, 4) is 11.5 Å². The molecule has 0 saturated carbocycles. The van der Waals surface area contributed by atoms with Crippen LogP contribution in [0.4, 0.5) is 0 Å². The van der Waals surface area contributed by atoms with Gasteiger partial charge < -0.3 is 23.8 Å². The zero-order chi connectivity index (χ0) is 19.8. The summed E-state index contributed by atoms with van der Waals surface area (Å²) >= 11 is 1.55. The van der Waals surface area contributed by atoms with Crippen LogP contribution in [0.2, 0.25) is 0 Å². The second-order valence-electron chi connectivity index (χ2n) is 5.65. The van der Waals surface area contributed by atoms with Crippen LogP contribution in [0.5, 0.6) is 11.5 Å². The van der Waals surface area contributed by atoms with Crippen molar-refractivity contribution in [3.05, 3.63) is 54.2 Å². The number of amides is 1. The molecule has 0 aliphatic carbocycles. The number of thioether (sulfide) groups is 1. The Morgan fingerprint density at radius 2 is 2.04 bits per heavy atom. The van der Waals surface area contributed by atoms with Gasteiger partial charge in [-0.05, 0) is 31.2 Å². The number of rotatable bonds is 10. The van der Waals surface area contributed by atoms with E-state index in [1.807, 2.05) is 35.8 Å². The number of para-hydroxylation sites is 2. The van der Waals surface area contributed by atoms with Crippen molar-refractivity contribution in [1.29, 1.82) is 0 Å². The molecule has 8 nitrogen and oxygen atoms in total. The molecular formula is C19H22N4O4S. The summed E-state index contributed by atoms with van der Waals surface area (Å²) in [7, 11) is 1.62. The van der Waals surface area contributed by atoms with Crippen molar-refractivity contribution in [2.45, 2.75) is 25.2 Å². The van der Waals surface area contributed by atoms with Crippen LogP contribution >= 0.6 is 11.8 Å². The van der Waals surface area contributed by atoms with E-state index in [1.165, 1.54) is 6.26 Å². The number of nitrogens with one attached hydrogen (secondary N) is 1. The summed E-state index contributed by atoms with van der Waals surface area (Å²) in [4.78, 5) is 12.0. The number of methoxy groups -OCH3 is 1. The zero-order valence-electron chi connectivity index (χ0n) is 15.8. The highest BCUT2D eigenvalue weighted by Crippen LogP contribution is 2.26. The molecule has 1 N–H and O–H groups in total. The molecule has 1 amide bonds. The lowest BCUT2D eigenvalue weighted by Crippen LogP contribution is -2.24. The molecule has 3 rings (SSSR count). The molecule has 0 fully saturated rings. The Hall–Kier alpha value is -2.94. The van der Waals surface area contributed by atoms with Gasteiger partial charge in [0.15, 0.2) is 28.2 Å². The summed E-state index contributed by atoms with van der Waals surface area (Å²) in [6.45, 7) is 3.50. The summed E-state index contributed by atoms with van der Waals surface area (Å²) in [6.07, 6.45) is 1.46. The number of carbonyl (C=O) groups is 1. The number of carbonyl (C=O) groups excluding carboxylic acids is 1.